The zero-order valence-electron chi connectivity index (χ0n) is 7.24. The van der Waals surface area contributed by atoms with Crippen molar-refractivity contribution in [2.45, 2.75) is 39.3 Å². The molecule has 0 aliphatic rings. The van der Waals surface area contributed by atoms with Gasteiger partial charge in [0.2, 0.25) is 0 Å². The second-order valence-corrected chi connectivity index (χ2v) is 2.74. The summed E-state index contributed by atoms with van der Waals surface area (Å²) in [5.74, 6) is 0. The first kappa shape index (κ1) is 10.6. The number of halogens is 2. The molecule has 0 saturated carbocycles. The van der Waals surface area contributed by atoms with E-state index < -0.39 is 6.17 Å². The molecule has 0 amide bonds. The molecule has 0 heterocycles. The summed E-state index contributed by atoms with van der Waals surface area (Å²) in [4.78, 5) is 0. The van der Waals surface area contributed by atoms with E-state index in [1.54, 1.807) is 6.08 Å². The van der Waals surface area contributed by atoms with Crippen LogP contribution in [0.25, 0.3) is 0 Å². The van der Waals surface area contributed by atoms with Gasteiger partial charge in [0.1, 0.15) is 6.17 Å². The van der Waals surface area contributed by atoms with E-state index in [0.29, 0.717) is 19.3 Å². The molecule has 0 aromatic rings. The molecule has 0 aromatic heterocycles. The lowest BCUT2D eigenvalue weighted by Gasteiger charge is -2.04. The molecule has 0 N–H and O–H groups in total. The Morgan fingerprint density at radius 3 is 2.64 bits per heavy atom. The number of rotatable bonds is 5. The van der Waals surface area contributed by atoms with Crippen LogP contribution in [0.2, 0.25) is 0 Å². The first-order valence-electron chi connectivity index (χ1n) is 4.06. The zero-order valence-corrected chi connectivity index (χ0v) is 7.24. The van der Waals surface area contributed by atoms with Crippen molar-refractivity contribution < 1.29 is 8.78 Å². The zero-order chi connectivity index (χ0) is 8.69. The average Bonchev–Trinajstić information content (AvgIpc) is 2.00. The molecular weight excluding hydrogens is 146 g/mol. The number of hydrogen-bond acceptors (Lipinski definition) is 0. The number of allylic oxidation sites excluding steroid dienone is 2. The Bertz CT molecular complexity index is 119. The fourth-order valence-electron chi connectivity index (χ4n) is 0.878. The summed E-state index contributed by atoms with van der Waals surface area (Å²) < 4.78 is 24.3. The maximum atomic E-state index is 12.7. The lowest BCUT2D eigenvalue weighted by Crippen LogP contribution is -1.97. The van der Waals surface area contributed by atoms with Crippen molar-refractivity contribution in [3.63, 3.8) is 0 Å². The Labute approximate surface area is 67.3 Å². The van der Waals surface area contributed by atoms with E-state index in [2.05, 4.69) is 0 Å². The first-order valence-corrected chi connectivity index (χ1v) is 4.06. The Hall–Kier alpha value is -0.400. The van der Waals surface area contributed by atoms with E-state index in [-0.39, 0.29) is 6.67 Å². The maximum Gasteiger partial charge on any atom is 0.104 e. The van der Waals surface area contributed by atoms with Crippen LogP contribution in [0.5, 0.6) is 0 Å². The maximum absolute atomic E-state index is 12.7. The Kier molecular flexibility index (Phi) is 6.09. The number of hydrogen-bond donors (Lipinski definition) is 0. The Morgan fingerprint density at radius 1 is 1.55 bits per heavy atom. The van der Waals surface area contributed by atoms with Gasteiger partial charge in [-0.2, -0.15) is 0 Å². The van der Waals surface area contributed by atoms with Crippen LogP contribution in [0.3, 0.4) is 0 Å². The summed E-state index contributed by atoms with van der Waals surface area (Å²) in [6.45, 7) is 3.31. The standard InChI is InChI=1S/C9H16F2/c1-3-9(11)7-8(2)5-4-6-10/h5,9H,3-4,6-7H2,1-2H3. The van der Waals surface area contributed by atoms with Gasteiger partial charge in [0.25, 0.3) is 0 Å². The van der Waals surface area contributed by atoms with Crippen LogP contribution in [-0.4, -0.2) is 12.8 Å². The van der Waals surface area contributed by atoms with Gasteiger partial charge in [-0.3, -0.25) is 4.39 Å². The molecule has 1 atom stereocenters. The summed E-state index contributed by atoms with van der Waals surface area (Å²) in [5.41, 5.74) is 0.956. The molecule has 0 spiro atoms. The van der Waals surface area contributed by atoms with Crippen molar-refractivity contribution in [1.82, 2.24) is 0 Å². The third-order valence-corrected chi connectivity index (χ3v) is 1.59. The summed E-state index contributed by atoms with van der Waals surface area (Å²) in [7, 11) is 0. The van der Waals surface area contributed by atoms with Crippen molar-refractivity contribution in [1.29, 1.82) is 0 Å². The van der Waals surface area contributed by atoms with Gasteiger partial charge in [-0.1, -0.05) is 18.6 Å². The molecule has 11 heavy (non-hydrogen) atoms. The van der Waals surface area contributed by atoms with Gasteiger partial charge < -0.3 is 0 Å². The quantitative estimate of drug-likeness (QED) is 0.543. The molecule has 2 heteroatoms. The molecule has 0 aromatic carbocycles. The van der Waals surface area contributed by atoms with Crippen molar-refractivity contribution in [2.24, 2.45) is 0 Å². The molecule has 0 saturated heterocycles. The predicted molar refractivity (Wildman–Crippen MR) is 44.2 cm³/mol. The number of alkyl halides is 2. The van der Waals surface area contributed by atoms with Crippen LogP contribution in [0.15, 0.2) is 11.6 Å². The Morgan fingerprint density at radius 2 is 2.18 bits per heavy atom. The van der Waals surface area contributed by atoms with Gasteiger partial charge in [0.15, 0.2) is 0 Å². The van der Waals surface area contributed by atoms with Gasteiger partial charge in [-0.25, -0.2) is 4.39 Å². The molecular formula is C9H16F2. The minimum Gasteiger partial charge on any atom is -0.251 e. The van der Waals surface area contributed by atoms with Crippen molar-refractivity contribution >= 4 is 0 Å². The van der Waals surface area contributed by atoms with Crippen molar-refractivity contribution in [3.8, 4) is 0 Å². The van der Waals surface area contributed by atoms with E-state index in [1.165, 1.54) is 0 Å². The fourth-order valence-corrected chi connectivity index (χ4v) is 0.878. The fraction of sp³-hybridized carbons (Fsp3) is 0.778. The van der Waals surface area contributed by atoms with Crippen LogP contribution in [0.1, 0.15) is 33.1 Å². The molecule has 1 unspecified atom stereocenters. The van der Waals surface area contributed by atoms with Gasteiger partial charge in [-0.15, -0.1) is 0 Å². The lowest BCUT2D eigenvalue weighted by atomic mass is 10.1. The highest BCUT2D eigenvalue weighted by Gasteiger charge is 2.02. The molecule has 0 nitrogen and oxygen atoms in total. The smallest absolute Gasteiger partial charge is 0.104 e. The topological polar surface area (TPSA) is 0 Å². The van der Waals surface area contributed by atoms with Crippen LogP contribution in [0.4, 0.5) is 8.78 Å². The normalized spacial score (nSPS) is 15.1. The molecule has 0 rings (SSSR count). The van der Waals surface area contributed by atoms with Gasteiger partial charge in [0, 0.05) is 0 Å². The Balaban J connectivity index is 3.57. The second-order valence-electron chi connectivity index (χ2n) is 2.74. The molecule has 0 radical (unpaired) electrons. The summed E-state index contributed by atoms with van der Waals surface area (Å²) in [6, 6.07) is 0. The molecule has 0 aliphatic heterocycles. The second kappa shape index (κ2) is 6.32. The van der Waals surface area contributed by atoms with E-state index >= 15 is 0 Å². The van der Waals surface area contributed by atoms with Crippen molar-refractivity contribution in [3.05, 3.63) is 11.6 Å². The van der Waals surface area contributed by atoms with Gasteiger partial charge in [-0.05, 0) is 26.2 Å². The minimum absolute atomic E-state index is 0.347. The average molecular weight is 162 g/mol. The third kappa shape index (κ3) is 6.02. The van der Waals surface area contributed by atoms with E-state index in [1.807, 2.05) is 13.8 Å². The van der Waals surface area contributed by atoms with E-state index in [4.69, 9.17) is 0 Å². The highest BCUT2D eigenvalue weighted by Crippen LogP contribution is 2.11. The van der Waals surface area contributed by atoms with Crippen LogP contribution in [-0.2, 0) is 0 Å². The molecule has 66 valence electrons. The van der Waals surface area contributed by atoms with E-state index in [9.17, 15) is 8.78 Å². The minimum atomic E-state index is -0.758. The SMILES string of the molecule is CCC(F)CC(C)=CCCF. The predicted octanol–water partition coefficient (Wildman–Crippen LogP) is 3.43. The lowest BCUT2D eigenvalue weighted by molar-refractivity contribution is 0.322. The molecule has 0 aliphatic carbocycles. The monoisotopic (exact) mass is 162 g/mol. The molecule has 0 bridgehead atoms. The summed E-state index contributed by atoms with van der Waals surface area (Å²) in [5, 5.41) is 0. The van der Waals surface area contributed by atoms with Gasteiger partial charge >= 0.3 is 0 Å². The van der Waals surface area contributed by atoms with Crippen LogP contribution < -0.4 is 0 Å². The van der Waals surface area contributed by atoms with E-state index in [0.717, 1.165) is 5.57 Å². The largest absolute Gasteiger partial charge is 0.251 e. The highest BCUT2D eigenvalue weighted by molar-refractivity contribution is 4.99. The highest BCUT2D eigenvalue weighted by atomic mass is 19.1. The summed E-state index contributed by atoms with van der Waals surface area (Å²) >= 11 is 0. The van der Waals surface area contributed by atoms with Gasteiger partial charge in [0.05, 0.1) is 6.67 Å². The van der Waals surface area contributed by atoms with Crippen LogP contribution in [0, 0.1) is 0 Å². The third-order valence-electron chi connectivity index (χ3n) is 1.59. The first-order chi connectivity index (χ1) is 5.20. The summed E-state index contributed by atoms with van der Waals surface area (Å²) in [6.07, 6.45) is 2.42. The molecule has 0 fully saturated rings. The van der Waals surface area contributed by atoms with Crippen LogP contribution >= 0.6 is 0 Å². The van der Waals surface area contributed by atoms with Crippen molar-refractivity contribution in [2.75, 3.05) is 6.67 Å².